The van der Waals surface area contributed by atoms with E-state index >= 15 is 0 Å². The number of para-hydroxylation sites is 1. The van der Waals surface area contributed by atoms with E-state index in [1.807, 2.05) is 37.3 Å². The lowest BCUT2D eigenvalue weighted by Gasteiger charge is -2.08. The minimum Gasteiger partial charge on any atom is -0.478 e. The number of halogens is 1. The van der Waals surface area contributed by atoms with E-state index in [0.29, 0.717) is 22.4 Å². The van der Waals surface area contributed by atoms with Crippen LogP contribution in [0, 0.1) is 6.92 Å². The average Bonchev–Trinajstić information content (AvgIpc) is 3.06. The van der Waals surface area contributed by atoms with Gasteiger partial charge in [0.2, 0.25) is 0 Å². The highest BCUT2D eigenvalue weighted by Gasteiger charge is 2.20. The molecule has 8 heteroatoms. The number of carbonyl (C=O) groups excluding carboxylic acids is 1. The summed E-state index contributed by atoms with van der Waals surface area (Å²) in [5, 5.41) is 17.0. The molecule has 4 aromatic rings. The monoisotopic (exact) mass is 406 g/mol. The summed E-state index contributed by atoms with van der Waals surface area (Å²) in [6, 6.07) is 15.4. The van der Waals surface area contributed by atoms with E-state index in [1.54, 1.807) is 4.68 Å². The fraction of sp³-hybridized carbons (Fsp3) is 0.0476. The Balaban J connectivity index is 1.69. The van der Waals surface area contributed by atoms with Crippen LogP contribution in [0.5, 0.6) is 0 Å². The third kappa shape index (κ3) is 3.43. The molecule has 0 aliphatic rings. The predicted octanol–water partition coefficient (Wildman–Crippen LogP) is 4.33. The van der Waals surface area contributed by atoms with E-state index in [1.165, 1.54) is 30.5 Å². The Kier molecular flexibility index (Phi) is 4.74. The van der Waals surface area contributed by atoms with Crippen LogP contribution in [-0.2, 0) is 0 Å². The Morgan fingerprint density at radius 2 is 1.76 bits per heavy atom. The van der Waals surface area contributed by atoms with Crippen LogP contribution in [0.2, 0.25) is 5.02 Å². The zero-order chi connectivity index (χ0) is 20.5. The lowest BCUT2D eigenvalue weighted by Crippen LogP contribution is -2.13. The molecule has 4 rings (SSSR count). The molecular formula is C21H15ClN4O3. The molecule has 29 heavy (non-hydrogen) atoms. The van der Waals surface area contributed by atoms with Crippen LogP contribution in [0.1, 0.15) is 26.4 Å². The Morgan fingerprint density at radius 1 is 1.07 bits per heavy atom. The molecule has 2 heterocycles. The number of nitrogens with one attached hydrogen (secondary N) is 1. The van der Waals surface area contributed by atoms with E-state index in [4.69, 9.17) is 16.7 Å². The molecule has 0 bridgehead atoms. The molecule has 0 saturated heterocycles. The van der Waals surface area contributed by atoms with Gasteiger partial charge in [0.15, 0.2) is 5.65 Å². The quantitative estimate of drug-likeness (QED) is 0.525. The van der Waals surface area contributed by atoms with E-state index in [0.717, 1.165) is 5.69 Å². The summed E-state index contributed by atoms with van der Waals surface area (Å²) in [6.07, 6.45) is 1.41. The third-order valence-corrected chi connectivity index (χ3v) is 4.84. The van der Waals surface area contributed by atoms with Crippen molar-refractivity contribution in [3.05, 3.63) is 82.6 Å². The van der Waals surface area contributed by atoms with Gasteiger partial charge in [0.05, 0.1) is 32.9 Å². The number of pyridine rings is 1. The number of anilines is 1. The van der Waals surface area contributed by atoms with Gasteiger partial charge in [0, 0.05) is 11.9 Å². The summed E-state index contributed by atoms with van der Waals surface area (Å²) < 4.78 is 1.68. The number of aromatic carboxylic acids is 1. The second kappa shape index (κ2) is 7.37. The largest absolute Gasteiger partial charge is 0.478 e. The van der Waals surface area contributed by atoms with Crippen LogP contribution >= 0.6 is 11.6 Å². The van der Waals surface area contributed by atoms with Crippen LogP contribution < -0.4 is 5.32 Å². The van der Waals surface area contributed by atoms with Crippen LogP contribution in [-0.4, -0.2) is 31.7 Å². The van der Waals surface area contributed by atoms with Gasteiger partial charge in [-0.2, -0.15) is 5.10 Å². The van der Waals surface area contributed by atoms with Crippen molar-refractivity contribution in [1.29, 1.82) is 0 Å². The smallest absolute Gasteiger partial charge is 0.335 e. The van der Waals surface area contributed by atoms with Gasteiger partial charge in [-0.05, 0) is 43.3 Å². The van der Waals surface area contributed by atoms with E-state index in [9.17, 15) is 9.59 Å². The van der Waals surface area contributed by atoms with Crippen LogP contribution in [0.25, 0.3) is 16.7 Å². The number of hydrogen-bond acceptors (Lipinski definition) is 4. The summed E-state index contributed by atoms with van der Waals surface area (Å²) >= 11 is 6.54. The molecule has 2 N–H and O–H groups in total. The molecule has 2 aromatic carbocycles. The van der Waals surface area contributed by atoms with Gasteiger partial charge in [-0.25, -0.2) is 14.5 Å². The standard InChI is InChI=1S/C21H15ClN4O3/c1-12-17-18(22)16(20(27)24-14-9-7-13(8-10-14)21(28)29)11-23-19(17)26(25-12)15-5-3-2-4-6-15/h2-11H,1H3,(H,24,27)(H,28,29). The molecule has 0 unspecified atom stereocenters. The molecule has 0 aliphatic heterocycles. The van der Waals surface area contributed by atoms with Crippen LogP contribution in [0.4, 0.5) is 5.69 Å². The highest BCUT2D eigenvalue weighted by Crippen LogP contribution is 2.30. The predicted molar refractivity (Wildman–Crippen MR) is 110 cm³/mol. The maximum Gasteiger partial charge on any atom is 0.335 e. The van der Waals surface area contributed by atoms with Crippen molar-refractivity contribution >= 4 is 40.2 Å². The number of hydrogen-bond donors (Lipinski definition) is 2. The van der Waals surface area contributed by atoms with Gasteiger partial charge in [-0.3, -0.25) is 4.79 Å². The Morgan fingerprint density at radius 3 is 2.41 bits per heavy atom. The number of carboxylic acids is 1. The number of rotatable bonds is 4. The summed E-state index contributed by atoms with van der Waals surface area (Å²) in [7, 11) is 0. The van der Waals surface area contributed by atoms with Gasteiger partial charge in [-0.1, -0.05) is 29.8 Å². The Labute approximate surface area is 170 Å². The first-order chi connectivity index (χ1) is 14.0. The van der Waals surface area contributed by atoms with Gasteiger partial charge < -0.3 is 10.4 Å². The minimum atomic E-state index is -1.04. The topological polar surface area (TPSA) is 97.1 Å². The number of fused-ring (bicyclic) bond motifs is 1. The minimum absolute atomic E-state index is 0.132. The van der Waals surface area contributed by atoms with Gasteiger partial charge in [0.25, 0.3) is 5.91 Å². The number of aromatic nitrogens is 3. The Bertz CT molecular complexity index is 1230. The number of amides is 1. The second-order valence-corrected chi connectivity index (χ2v) is 6.73. The molecule has 2 aromatic heterocycles. The van der Waals surface area contributed by atoms with Gasteiger partial charge >= 0.3 is 5.97 Å². The molecular weight excluding hydrogens is 392 g/mol. The SMILES string of the molecule is Cc1nn(-c2ccccc2)c2ncc(C(=O)Nc3ccc(C(=O)O)cc3)c(Cl)c12. The molecule has 0 aliphatic carbocycles. The molecule has 7 nitrogen and oxygen atoms in total. The molecule has 0 radical (unpaired) electrons. The second-order valence-electron chi connectivity index (χ2n) is 6.35. The van der Waals surface area contributed by atoms with Gasteiger partial charge in [0.1, 0.15) is 0 Å². The van der Waals surface area contributed by atoms with Crippen molar-refractivity contribution in [2.75, 3.05) is 5.32 Å². The zero-order valence-corrected chi connectivity index (χ0v) is 16.0. The van der Waals surface area contributed by atoms with E-state index < -0.39 is 11.9 Å². The average molecular weight is 407 g/mol. The first kappa shape index (κ1) is 18.6. The summed E-state index contributed by atoms with van der Waals surface area (Å²) in [5.74, 6) is -1.48. The van der Waals surface area contributed by atoms with Crippen molar-refractivity contribution in [3.63, 3.8) is 0 Å². The number of carboxylic acid groups (broad SMARTS) is 1. The molecule has 0 spiro atoms. The molecule has 0 atom stereocenters. The molecule has 0 fully saturated rings. The summed E-state index contributed by atoms with van der Waals surface area (Å²) in [4.78, 5) is 28.1. The van der Waals surface area contributed by atoms with Crippen molar-refractivity contribution in [1.82, 2.24) is 14.8 Å². The number of benzene rings is 2. The summed E-state index contributed by atoms with van der Waals surface area (Å²) in [6.45, 7) is 1.81. The van der Waals surface area contributed by atoms with E-state index in [2.05, 4.69) is 15.4 Å². The third-order valence-electron chi connectivity index (χ3n) is 4.44. The zero-order valence-electron chi connectivity index (χ0n) is 15.3. The fourth-order valence-corrected chi connectivity index (χ4v) is 3.37. The Hall–Kier alpha value is -3.71. The highest BCUT2D eigenvalue weighted by molar-refractivity contribution is 6.39. The molecule has 1 amide bonds. The van der Waals surface area contributed by atoms with Crippen molar-refractivity contribution in [2.45, 2.75) is 6.92 Å². The van der Waals surface area contributed by atoms with Crippen LogP contribution in [0.15, 0.2) is 60.8 Å². The maximum atomic E-state index is 12.7. The lowest BCUT2D eigenvalue weighted by atomic mass is 10.1. The van der Waals surface area contributed by atoms with Crippen molar-refractivity contribution < 1.29 is 14.7 Å². The normalized spacial score (nSPS) is 10.8. The van der Waals surface area contributed by atoms with Crippen molar-refractivity contribution in [3.8, 4) is 5.69 Å². The first-order valence-corrected chi connectivity index (χ1v) is 9.07. The fourth-order valence-electron chi connectivity index (χ4n) is 3.01. The number of nitrogens with zero attached hydrogens (tertiary/aromatic N) is 3. The summed E-state index contributed by atoms with van der Waals surface area (Å²) in [5.41, 5.74) is 2.84. The molecule has 144 valence electrons. The van der Waals surface area contributed by atoms with Crippen LogP contribution in [0.3, 0.4) is 0 Å². The van der Waals surface area contributed by atoms with Gasteiger partial charge in [-0.15, -0.1) is 0 Å². The number of carbonyl (C=O) groups is 2. The lowest BCUT2D eigenvalue weighted by molar-refractivity contribution is 0.0696. The number of aryl methyl sites for hydroxylation is 1. The van der Waals surface area contributed by atoms with E-state index in [-0.39, 0.29) is 16.1 Å². The molecule has 0 saturated carbocycles. The highest BCUT2D eigenvalue weighted by atomic mass is 35.5. The van der Waals surface area contributed by atoms with Crippen molar-refractivity contribution in [2.24, 2.45) is 0 Å². The first-order valence-electron chi connectivity index (χ1n) is 8.69. The maximum absolute atomic E-state index is 12.7.